The van der Waals surface area contributed by atoms with Crippen molar-refractivity contribution in [1.82, 2.24) is 4.31 Å². The number of aryl methyl sites for hydroxylation is 1. The van der Waals surface area contributed by atoms with Crippen LogP contribution in [0.5, 0.6) is 0 Å². The Morgan fingerprint density at radius 2 is 1.82 bits per heavy atom. The third-order valence-electron chi connectivity index (χ3n) is 5.19. The van der Waals surface area contributed by atoms with Gasteiger partial charge in [0.2, 0.25) is 15.9 Å². The van der Waals surface area contributed by atoms with Crippen LogP contribution in [0.2, 0.25) is 0 Å². The average molecular weight is 405 g/mol. The summed E-state index contributed by atoms with van der Waals surface area (Å²) in [6.07, 6.45) is 2.50. The number of amides is 1. The first-order valence-corrected chi connectivity index (χ1v) is 10.9. The monoisotopic (exact) mass is 404 g/mol. The lowest BCUT2D eigenvalue weighted by Gasteiger charge is -2.31. The Balaban J connectivity index is 1.46. The molecule has 0 radical (unpaired) electrons. The number of hydrogen-bond acceptors (Lipinski definition) is 3. The second-order valence-electron chi connectivity index (χ2n) is 7.21. The van der Waals surface area contributed by atoms with Crippen molar-refractivity contribution in [2.24, 2.45) is 5.92 Å². The van der Waals surface area contributed by atoms with E-state index in [0.29, 0.717) is 48.0 Å². The standard InChI is InChI=1S/C21H25FN2O3S/c1-16-7-9-18(15-20(16)22)23-21(25)10-8-17-11-13-24(14-12-17)28(26,27)19-5-3-2-4-6-19/h2-7,9,15,17H,8,10-14H2,1H3,(H,23,25). The molecule has 2 aromatic rings. The lowest BCUT2D eigenvalue weighted by molar-refractivity contribution is -0.116. The smallest absolute Gasteiger partial charge is 0.243 e. The second-order valence-corrected chi connectivity index (χ2v) is 9.15. The van der Waals surface area contributed by atoms with Crippen molar-refractivity contribution in [2.75, 3.05) is 18.4 Å². The normalized spacial score (nSPS) is 16.1. The summed E-state index contributed by atoms with van der Waals surface area (Å²) in [7, 11) is -3.45. The number of halogens is 1. The van der Waals surface area contributed by atoms with Crippen LogP contribution >= 0.6 is 0 Å². The molecule has 150 valence electrons. The number of carbonyl (C=O) groups is 1. The number of carbonyl (C=O) groups excluding carboxylic acids is 1. The maximum Gasteiger partial charge on any atom is 0.243 e. The Morgan fingerprint density at radius 1 is 1.14 bits per heavy atom. The molecule has 0 aliphatic carbocycles. The number of rotatable bonds is 6. The Labute approximate surface area is 165 Å². The maximum absolute atomic E-state index is 13.6. The quantitative estimate of drug-likeness (QED) is 0.793. The first-order valence-electron chi connectivity index (χ1n) is 9.47. The summed E-state index contributed by atoms with van der Waals surface area (Å²) < 4.78 is 40.4. The third kappa shape index (κ3) is 4.97. The van der Waals surface area contributed by atoms with Crippen LogP contribution in [-0.4, -0.2) is 31.7 Å². The highest BCUT2D eigenvalue weighted by atomic mass is 32.2. The molecule has 1 fully saturated rings. The van der Waals surface area contributed by atoms with Gasteiger partial charge >= 0.3 is 0 Å². The van der Waals surface area contributed by atoms with E-state index in [0.717, 1.165) is 12.8 Å². The van der Waals surface area contributed by atoms with Gasteiger partial charge in [-0.2, -0.15) is 4.31 Å². The van der Waals surface area contributed by atoms with Crippen molar-refractivity contribution in [3.63, 3.8) is 0 Å². The summed E-state index contributed by atoms with van der Waals surface area (Å²) in [5.74, 6) is -0.185. The van der Waals surface area contributed by atoms with E-state index >= 15 is 0 Å². The van der Waals surface area contributed by atoms with Gasteiger partial charge in [-0.3, -0.25) is 4.79 Å². The fraction of sp³-hybridized carbons (Fsp3) is 0.381. The molecular formula is C21H25FN2O3S. The number of sulfonamides is 1. The van der Waals surface area contributed by atoms with E-state index in [1.807, 2.05) is 0 Å². The van der Waals surface area contributed by atoms with Crippen molar-refractivity contribution in [3.05, 3.63) is 59.9 Å². The van der Waals surface area contributed by atoms with Crippen LogP contribution in [-0.2, 0) is 14.8 Å². The molecule has 1 aliphatic rings. The number of nitrogens with one attached hydrogen (secondary N) is 1. The lowest BCUT2D eigenvalue weighted by atomic mass is 9.93. The molecule has 5 nitrogen and oxygen atoms in total. The predicted octanol–water partition coefficient (Wildman–Crippen LogP) is 3.95. The molecule has 2 aromatic carbocycles. The van der Waals surface area contributed by atoms with Gasteiger partial charge in [0, 0.05) is 25.2 Å². The van der Waals surface area contributed by atoms with Gasteiger partial charge in [-0.25, -0.2) is 12.8 Å². The third-order valence-corrected chi connectivity index (χ3v) is 7.10. The maximum atomic E-state index is 13.6. The summed E-state index contributed by atoms with van der Waals surface area (Å²) in [4.78, 5) is 12.4. The number of hydrogen-bond donors (Lipinski definition) is 1. The van der Waals surface area contributed by atoms with Gasteiger partial charge in [0.15, 0.2) is 0 Å². The highest BCUT2D eigenvalue weighted by molar-refractivity contribution is 7.89. The summed E-state index contributed by atoms with van der Waals surface area (Å²) in [6, 6.07) is 13.1. The van der Waals surface area contributed by atoms with Gasteiger partial charge in [-0.1, -0.05) is 24.3 Å². The van der Waals surface area contributed by atoms with E-state index in [1.54, 1.807) is 49.4 Å². The zero-order valence-electron chi connectivity index (χ0n) is 15.9. The SMILES string of the molecule is Cc1ccc(NC(=O)CCC2CCN(S(=O)(=O)c3ccccc3)CC2)cc1F. The largest absolute Gasteiger partial charge is 0.326 e. The Kier molecular flexibility index (Phi) is 6.46. The molecule has 28 heavy (non-hydrogen) atoms. The first kappa shape index (κ1) is 20.5. The van der Waals surface area contributed by atoms with Gasteiger partial charge in [0.25, 0.3) is 0 Å². The van der Waals surface area contributed by atoms with Gasteiger partial charge in [0.05, 0.1) is 4.90 Å². The molecule has 0 atom stereocenters. The summed E-state index contributed by atoms with van der Waals surface area (Å²) in [6.45, 7) is 2.60. The molecule has 0 bridgehead atoms. The Morgan fingerprint density at radius 3 is 2.46 bits per heavy atom. The molecule has 0 unspecified atom stereocenters. The highest BCUT2D eigenvalue weighted by Gasteiger charge is 2.29. The molecule has 0 spiro atoms. The van der Waals surface area contributed by atoms with E-state index in [2.05, 4.69) is 5.32 Å². The number of piperidine rings is 1. The first-order chi connectivity index (χ1) is 13.4. The number of anilines is 1. The van der Waals surface area contributed by atoms with Gasteiger partial charge < -0.3 is 5.32 Å². The zero-order valence-corrected chi connectivity index (χ0v) is 16.7. The van der Waals surface area contributed by atoms with Crippen LogP contribution in [0.1, 0.15) is 31.2 Å². The van der Waals surface area contributed by atoms with Crippen LogP contribution in [0.25, 0.3) is 0 Å². The minimum absolute atomic E-state index is 0.150. The van der Waals surface area contributed by atoms with E-state index in [4.69, 9.17) is 0 Å². The van der Waals surface area contributed by atoms with Crippen LogP contribution in [0, 0.1) is 18.7 Å². The van der Waals surface area contributed by atoms with Crippen molar-refractivity contribution in [3.8, 4) is 0 Å². The molecule has 1 aliphatic heterocycles. The van der Waals surface area contributed by atoms with Crippen LogP contribution in [0.4, 0.5) is 10.1 Å². The van der Waals surface area contributed by atoms with Crippen LogP contribution in [0.3, 0.4) is 0 Å². The van der Waals surface area contributed by atoms with Crippen LogP contribution in [0.15, 0.2) is 53.4 Å². The highest BCUT2D eigenvalue weighted by Crippen LogP contribution is 2.26. The van der Waals surface area contributed by atoms with Crippen LogP contribution < -0.4 is 5.32 Å². The average Bonchev–Trinajstić information content (AvgIpc) is 2.70. The fourth-order valence-electron chi connectivity index (χ4n) is 3.41. The van der Waals surface area contributed by atoms with E-state index < -0.39 is 10.0 Å². The van der Waals surface area contributed by atoms with Gasteiger partial charge in [-0.05, 0) is 61.9 Å². The number of nitrogens with zero attached hydrogens (tertiary/aromatic N) is 1. The Bertz CT molecular complexity index is 924. The second kappa shape index (κ2) is 8.84. The van der Waals surface area contributed by atoms with E-state index in [1.165, 1.54) is 10.4 Å². The molecule has 1 N–H and O–H groups in total. The molecule has 7 heteroatoms. The van der Waals surface area contributed by atoms with Gasteiger partial charge in [0.1, 0.15) is 5.82 Å². The molecule has 1 heterocycles. The molecule has 0 aromatic heterocycles. The van der Waals surface area contributed by atoms with Crippen molar-refractivity contribution in [2.45, 2.75) is 37.5 Å². The molecular weight excluding hydrogens is 379 g/mol. The summed E-state index contributed by atoms with van der Waals surface area (Å²) >= 11 is 0. The van der Waals surface area contributed by atoms with E-state index in [-0.39, 0.29) is 11.7 Å². The van der Waals surface area contributed by atoms with Crippen molar-refractivity contribution in [1.29, 1.82) is 0 Å². The molecule has 1 amide bonds. The van der Waals surface area contributed by atoms with Gasteiger partial charge in [-0.15, -0.1) is 0 Å². The van der Waals surface area contributed by atoms with Crippen molar-refractivity contribution >= 4 is 21.6 Å². The topological polar surface area (TPSA) is 66.5 Å². The Hall–Kier alpha value is -2.25. The lowest BCUT2D eigenvalue weighted by Crippen LogP contribution is -2.38. The van der Waals surface area contributed by atoms with E-state index in [9.17, 15) is 17.6 Å². The fourth-order valence-corrected chi connectivity index (χ4v) is 4.90. The molecule has 0 saturated carbocycles. The summed E-state index contributed by atoms with van der Waals surface area (Å²) in [5, 5.41) is 2.72. The minimum Gasteiger partial charge on any atom is -0.326 e. The summed E-state index contributed by atoms with van der Waals surface area (Å²) in [5.41, 5.74) is 0.993. The zero-order chi connectivity index (χ0) is 20.1. The predicted molar refractivity (Wildman–Crippen MR) is 107 cm³/mol. The number of benzene rings is 2. The molecule has 3 rings (SSSR count). The van der Waals surface area contributed by atoms with Crippen molar-refractivity contribution < 1.29 is 17.6 Å². The minimum atomic E-state index is -3.45. The molecule has 1 saturated heterocycles.